The van der Waals surface area contributed by atoms with Gasteiger partial charge in [-0.15, -0.1) is 15.3 Å². The number of aromatic nitrogens is 5. The fourth-order valence-electron chi connectivity index (χ4n) is 3.38. The standard InChI is InChI=1S/C23H16FN5/c24-19-14-8-7-13-18(19)15-29-23-21(17-11-5-2-6-12-17)26-25-20(22(23)27-28-29)16-9-3-1-4-10-16/h1-14H,15H2. The highest BCUT2D eigenvalue weighted by atomic mass is 19.1. The van der Waals surface area contributed by atoms with Crippen molar-refractivity contribution >= 4 is 11.0 Å². The zero-order chi connectivity index (χ0) is 19.6. The molecule has 140 valence electrons. The molecule has 0 saturated heterocycles. The lowest BCUT2D eigenvalue weighted by Gasteiger charge is -2.09. The van der Waals surface area contributed by atoms with Crippen LogP contribution in [0.5, 0.6) is 0 Å². The van der Waals surface area contributed by atoms with Gasteiger partial charge in [-0.2, -0.15) is 0 Å². The van der Waals surface area contributed by atoms with Gasteiger partial charge >= 0.3 is 0 Å². The van der Waals surface area contributed by atoms with Gasteiger partial charge in [-0.3, -0.25) is 0 Å². The van der Waals surface area contributed by atoms with Crippen LogP contribution >= 0.6 is 0 Å². The maximum Gasteiger partial charge on any atom is 0.143 e. The highest BCUT2D eigenvalue weighted by Gasteiger charge is 2.19. The number of hydrogen-bond acceptors (Lipinski definition) is 4. The summed E-state index contributed by atoms with van der Waals surface area (Å²) in [7, 11) is 0. The molecule has 0 unspecified atom stereocenters. The van der Waals surface area contributed by atoms with E-state index in [1.807, 2.05) is 66.7 Å². The molecule has 0 radical (unpaired) electrons. The topological polar surface area (TPSA) is 56.5 Å². The molecule has 5 rings (SSSR count). The lowest BCUT2D eigenvalue weighted by Crippen LogP contribution is -2.05. The van der Waals surface area contributed by atoms with Gasteiger partial charge in [0.05, 0.1) is 6.54 Å². The Morgan fingerprint density at radius 3 is 1.93 bits per heavy atom. The molecular weight excluding hydrogens is 365 g/mol. The van der Waals surface area contributed by atoms with Gasteiger partial charge < -0.3 is 0 Å². The summed E-state index contributed by atoms with van der Waals surface area (Å²) in [6.07, 6.45) is 0. The van der Waals surface area contributed by atoms with Crippen molar-refractivity contribution in [2.75, 3.05) is 0 Å². The summed E-state index contributed by atoms with van der Waals surface area (Å²) in [5.74, 6) is -0.275. The van der Waals surface area contributed by atoms with Crippen LogP contribution < -0.4 is 0 Å². The number of hydrogen-bond donors (Lipinski definition) is 0. The third-order valence-corrected chi connectivity index (χ3v) is 4.81. The fourth-order valence-corrected chi connectivity index (χ4v) is 3.38. The van der Waals surface area contributed by atoms with Crippen molar-refractivity contribution in [1.29, 1.82) is 0 Å². The van der Waals surface area contributed by atoms with Crippen molar-refractivity contribution in [3.05, 3.63) is 96.3 Å². The molecule has 2 heterocycles. The van der Waals surface area contributed by atoms with Gasteiger partial charge in [-0.1, -0.05) is 84.1 Å². The predicted molar refractivity (Wildman–Crippen MR) is 109 cm³/mol. The highest BCUT2D eigenvalue weighted by molar-refractivity contribution is 5.96. The van der Waals surface area contributed by atoms with Gasteiger partial charge in [0.1, 0.15) is 28.2 Å². The summed E-state index contributed by atoms with van der Waals surface area (Å²) in [6, 6.07) is 26.2. The van der Waals surface area contributed by atoms with E-state index in [4.69, 9.17) is 0 Å². The second kappa shape index (κ2) is 7.24. The third-order valence-electron chi connectivity index (χ3n) is 4.81. The van der Waals surface area contributed by atoms with E-state index in [-0.39, 0.29) is 12.4 Å². The lowest BCUT2D eigenvalue weighted by atomic mass is 10.1. The molecule has 6 heteroatoms. The van der Waals surface area contributed by atoms with Crippen LogP contribution in [0.15, 0.2) is 84.9 Å². The average Bonchev–Trinajstić information content (AvgIpc) is 3.20. The third kappa shape index (κ3) is 3.14. The van der Waals surface area contributed by atoms with E-state index in [1.54, 1.807) is 16.8 Å². The average molecular weight is 381 g/mol. The first kappa shape index (κ1) is 17.2. The second-order valence-corrected chi connectivity index (χ2v) is 6.66. The minimum absolute atomic E-state index is 0.253. The normalized spacial score (nSPS) is 11.1. The van der Waals surface area contributed by atoms with Crippen molar-refractivity contribution in [1.82, 2.24) is 25.2 Å². The first-order chi connectivity index (χ1) is 14.3. The van der Waals surface area contributed by atoms with Crippen molar-refractivity contribution in [3.8, 4) is 22.5 Å². The number of benzene rings is 3. The van der Waals surface area contributed by atoms with Gasteiger partial charge in [0.2, 0.25) is 0 Å². The molecule has 5 nitrogen and oxygen atoms in total. The molecule has 0 bridgehead atoms. The van der Waals surface area contributed by atoms with Crippen LogP contribution in [0.4, 0.5) is 4.39 Å². The predicted octanol–water partition coefficient (Wildman–Crippen LogP) is 4.74. The van der Waals surface area contributed by atoms with Crippen LogP contribution in [0, 0.1) is 5.82 Å². The zero-order valence-electron chi connectivity index (χ0n) is 15.4. The molecule has 0 spiro atoms. The first-order valence-corrected chi connectivity index (χ1v) is 9.25. The van der Waals surface area contributed by atoms with Crippen LogP contribution in [0.1, 0.15) is 5.56 Å². The van der Waals surface area contributed by atoms with Crippen LogP contribution in [0.3, 0.4) is 0 Å². The molecule has 29 heavy (non-hydrogen) atoms. The summed E-state index contributed by atoms with van der Waals surface area (Å²) >= 11 is 0. The molecule has 0 N–H and O–H groups in total. The maximum atomic E-state index is 14.3. The summed E-state index contributed by atoms with van der Waals surface area (Å²) in [6.45, 7) is 0.253. The van der Waals surface area contributed by atoms with E-state index >= 15 is 0 Å². The number of nitrogens with zero attached hydrogens (tertiary/aromatic N) is 5. The van der Waals surface area contributed by atoms with E-state index < -0.39 is 0 Å². The fraction of sp³-hybridized carbons (Fsp3) is 0.0435. The van der Waals surface area contributed by atoms with Crippen molar-refractivity contribution < 1.29 is 4.39 Å². The molecule has 0 atom stereocenters. The number of rotatable bonds is 4. The van der Waals surface area contributed by atoms with Gasteiger partial charge in [-0.05, 0) is 6.07 Å². The molecule has 2 aromatic heterocycles. The van der Waals surface area contributed by atoms with Crippen LogP contribution in [-0.2, 0) is 6.54 Å². The Kier molecular flexibility index (Phi) is 4.29. The SMILES string of the molecule is Fc1ccccc1Cn1nnc2c(-c3ccccc3)nnc(-c3ccccc3)c21. The Morgan fingerprint density at radius 1 is 0.655 bits per heavy atom. The van der Waals surface area contributed by atoms with Crippen LogP contribution in [0.2, 0.25) is 0 Å². The first-order valence-electron chi connectivity index (χ1n) is 9.25. The van der Waals surface area contributed by atoms with E-state index in [1.165, 1.54) is 6.07 Å². The smallest absolute Gasteiger partial charge is 0.143 e. The van der Waals surface area contributed by atoms with Gasteiger partial charge in [0.25, 0.3) is 0 Å². The molecule has 0 aliphatic heterocycles. The zero-order valence-corrected chi connectivity index (χ0v) is 15.4. The van der Waals surface area contributed by atoms with Gasteiger partial charge in [0.15, 0.2) is 0 Å². The monoisotopic (exact) mass is 381 g/mol. The summed E-state index contributed by atoms with van der Waals surface area (Å²) < 4.78 is 16.0. The summed E-state index contributed by atoms with van der Waals surface area (Å²) in [5.41, 5.74) is 5.04. The lowest BCUT2D eigenvalue weighted by molar-refractivity contribution is 0.583. The van der Waals surface area contributed by atoms with Gasteiger partial charge in [-0.25, -0.2) is 9.07 Å². The van der Waals surface area contributed by atoms with Crippen LogP contribution in [0.25, 0.3) is 33.5 Å². The Morgan fingerprint density at radius 2 is 1.24 bits per heavy atom. The maximum absolute atomic E-state index is 14.3. The molecule has 0 saturated carbocycles. The van der Waals surface area contributed by atoms with E-state index in [0.29, 0.717) is 22.5 Å². The quantitative estimate of drug-likeness (QED) is 0.451. The largest absolute Gasteiger partial charge is 0.238 e. The Hall–Kier alpha value is -3.93. The minimum Gasteiger partial charge on any atom is -0.238 e. The Balaban J connectivity index is 1.75. The molecular formula is C23H16FN5. The van der Waals surface area contributed by atoms with Gasteiger partial charge in [0, 0.05) is 16.7 Å². The molecule has 0 aliphatic rings. The summed E-state index contributed by atoms with van der Waals surface area (Å²) in [4.78, 5) is 0. The molecule has 0 aliphatic carbocycles. The second-order valence-electron chi connectivity index (χ2n) is 6.66. The summed E-state index contributed by atoms with van der Waals surface area (Å²) in [5, 5.41) is 17.7. The van der Waals surface area contributed by atoms with Crippen molar-refractivity contribution in [2.24, 2.45) is 0 Å². The number of halogens is 1. The highest BCUT2D eigenvalue weighted by Crippen LogP contribution is 2.31. The van der Waals surface area contributed by atoms with E-state index in [2.05, 4.69) is 20.5 Å². The van der Waals surface area contributed by atoms with Crippen molar-refractivity contribution in [2.45, 2.75) is 6.54 Å². The van der Waals surface area contributed by atoms with E-state index in [9.17, 15) is 4.39 Å². The molecule has 0 fully saturated rings. The van der Waals surface area contributed by atoms with E-state index in [0.717, 1.165) is 16.6 Å². The molecule has 5 aromatic rings. The number of fused-ring (bicyclic) bond motifs is 1. The Labute approximate surface area is 166 Å². The molecule has 0 amide bonds. The molecule has 3 aromatic carbocycles. The van der Waals surface area contributed by atoms with Crippen molar-refractivity contribution in [3.63, 3.8) is 0 Å². The van der Waals surface area contributed by atoms with Crippen LogP contribution in [-0.4, -0.2) is 25.2 Å². The minimum atomic E-state index is -0.275. The Bertz CT molecular complexity index is 1280.